The maximum atomic E-state index is 11.9. The number of hydrogen-bond acceptors (Lipinski definition) is 3. The second-order valence-corrected chi connectivity index (χ2v) is 4.74. The van der Waals surface area contributed by atoms with E-state index in [1.807, 2.05) is 13.8 Å². The molecule has 1 saturated heterocycles. The fraction of sp³-hybridized carbons (Fsp3) is 0.750. The largest absolute Gasteiger partial charge is 0.300 e. The van der Waals surface area contributed by atoms with Crippen molar-refractivity contribution in [1.82, 2.24) is 4.90 Å². The summed E-state index contributed by atoms with van der Waals surface area (Å²) in [6.07, 6.45) is 1.34. The number of rotatable bonds is 5. The maximum absolute atomic E-state index is 11.9. The highest BCUT2D eigenvalue weighted by molar-refractivity contribution is 6.03. The van der Waals surface area contributed by atoms with E-state index in [1.165, 1.54) is 11.8 Å². The van der Waals surface area contributed by atoms with Crippen molar-refractivity contribution in [3.05, 3.63) is 0 Å². The van der Waals surface area contributed by atoms with E-state index in [-0.39, 0.29) is 29.4 Å². The summed E-state index contributed by atoms with van der Waals surface area (Å²) in [5, 5.41) is 0. The first kappa shape index (κ1) is 12.9. The van der Waals surface area contributed by atoms with Crippen LogP contribution in [0.4, 0.5) is 0 Å². The van der Waals surface area contributed by atoms with Gasteiger partial charge in [-0.2, -0.15) is 0 Å². The zero-order valence-electron chi connectivity index (χ0n) is 10.2. The van der Waals surface area contributed by atoms with Crippen molar-refractivity contribution in [2.45, 2.75) is 40.0 Å². The van der Waals surface area contributed by atoms with Crippen LogP contribution in [0.3, 0.4) is 0 Å². The first-order valence-corrected chi connectivity index (χ1v) is 5.77. The van der Waals surface area contributed by atoms with Crippen LogP contribution in [-0.2, 0) is 14.4 Å². The van der Waals surface area contributed by atoms with Crippen LogP contribution < -0.4 is 0 Å². The molecule has 1 aliphatic rings. The van der Waals surface area contributed by atoms with Crippen LogP contribution in [-0.4, -0.2) is 29.0 Å². The van der Waals surface area contributed by atoms with Crippen molar-refractivity contribution in [3.63, 3.8) is 0 Å². The maximum Gasteiger partial charge on any atom is 0.233 e. The van der Waals surface area contributed by atoms with Gasteiger partial charge < -0.3 is 4.79 Å². The lowest BCUT2D eigenvalue weighted by Crippen LogP contribution is -2.32. The van der Waals surface area contributed by atoms with Crippen molar-refractivity contribution < 1.29 is 14.4 Å². The second kappa shape index (κ2) is 5.23. The molecule has 1 rings (SSSR count). The topological polar surface area (TPSA) is 54.5 Å². The molecule has 1 fully saturated rings. The molecule has 2 amide bonds. The zero-order chi connectivity index (χ0) is 12.3. The quantitative estimate of drug-likeness (QED) is 0.664. The monoisotopic (exact) mass is 225 g/mol. The SMILES string of the molecule is CC(=O)CCCN1C(=O)CC(C(C)C)C1=O. The highest BCUT2D eigenvalue weighted by Gasteiger charge is 2.39. The van der Waals surface area contributed by atoms with Crippen molar-refractivity contribution in [2.75, 3.05) is 6.54 Å². The highest BCUT2D eigenvalue weighted by Crippen LogP contribution is 2.26. The third-order valence-electron chi connectivity index (χ3n) is 2.99. The van der Waals surface area contributed by atoms with Crippen molar-refractivity contribution in [2.24, 2.45) is 11.8 Å². The number of hydrogen-bond donors (Lipinski definition) is 0. The Morgan fingerprint density at radius 3 is 2.50 bits per heavy atom. The molecule has 90 valence electrons. The molecule has 0 aromatic heterocycles. The summed E-state index contributed by atoms with van der Waals surface area (Å²) in [4.78, 5) is 35.5. The summed E-state index contributed by atoms with van der Waals surface area (Å²) in [6, 6.07) is 0. The molecule has 0 N–H and O–H groups in total. The number of imide groups is 1. The average molecular weight is 225 g/mol. The van der Waals surface area contributed by atoms with Gasteiger partial charge in [0.25, 0.3) is 0 Å². The normalized spacial score (nSPS) is 21.0. The van der Waals surface area contributed by atoms with Gasteiger partial charge in [-0.25, -0.2) is 0 Å². The van der Waals surface area contributed by atoms with Gasteiger partial charge >= 0.3 is 0 Å². The van der Waals surface area contributed by atoms with Gasteiger partial charge in [-0.1, -0.05) is 13.8 Å². The number of amides is 2. The van der Waals surface area contributed by atoms with Crippen molar-refractivity contribution in [3.8, 4) is 0 Å². The summed E-state index contributed by atoms with van der Waals surface area (Å²) in [6.45, 7) is 5.81. The Bertz CT molecular complexity index is 309. The molecule has 0 bridgehead atoms. The molecule has 1 unspecified atom stereocenters. The molecule has 1 aliphatic heterocycles. The van der Waals surface area contributed by atoms with E-state index in [4.69, 9.17) is 0 Å². The minimum atomic E-state index is -0.162. The van der Waals surface area contributed by atoms with Gasteiger partial charge in [-0.05, 0) is 19.3 Å². The van der Waals surface area contributed by atoms with Crippen LogP contribution in [0.5, 0.6) is 0 Å². The van der Waals surface area contributed by atoms with E-state index < -0.39 is 0 Å². The van der Waals surface area contributed by atoms with Crippen LogP contribution in [0.2, 0.25) is 0 Å². The standard InChI is InChI=1S/C12H19NO3/c1-8(2)10-7-11(15)13(12(10)16)6-4-5-9(3)14/h8,10H,4-7H2,1-3H3. The number of ketones is 1. The van der Waals surface area contributed by atoms with Gasteiger partial charge in [0.05, 0.1) is 0 Å². The van der Waals surface area contributed by atoms with E-state index in [0.717, 1.165) is 0 Å². The Morgan fingerprint density at radius 2 is 2.06 bits per heavy atom. The number of Topliss-reactive ketones (excluding diaryl/α,β-unsaturated/α-hetero) is 1. The van der Waals surface area contributed by atoms with Gasteiger partial charge in [-0.3, -0.25) is 14.5 Å². The number of likely N-dealkylation sites (tertiary alicyclic amines) is 1. The fourth-order valence-corrected chi connectivity index (χ4v) is 1.95. The third kappa shape index (κ3) is 2.90. The van der Waals surface area contributed by atoms with Crippen molar-refractivity contribution >= 4 is 17.6 Å². The molecule has 0 radical (unpaired) electrons. The molecule has 0 spiro atoms. The summed E-state index contributed by atoms with van der Waals surface area (Å²) in [5.41, 5.74) is 0. The lowest BCUT2D eigenvalue weighted by Gasteiger charge is -2.15. The smallest absolute Gasteiger partial charge is 0.233 e. The van der Waals surface area contributed by atoms with Gasteiger partial charge in [0.1, 0.15) is 5.78 Å². The van der Waals surface area contributed by atoms with E-state index in [2.05, 4.69) is 0 Å². The lowest BCUT2D eigenvalue weighted by atomic mass is 9.94. The van der Waals surface area contributed by atoms with E-state index >= 15 is 0 Å². The van der Waals surface area contributed by atoms with Crippen LogP contribution in [0.1, 0.15) is 40.0 Å². The third-order valence-corrected chi connectivity index (χ3v) is 2.99. The van der Waals surface area contributed by atoms with Crippen LogP contribution in [0.15, 0.2) is 0 Å². The molecule has 0 aromatic carbocycles. The Kier molecular flexibility index (Phi) is 4.21. The minimum absolute atomic E-state index is 0.0662. The average Bonchev–Trinajstić information content (AvgIpc) is 2.44. The molecule has 0 saturated carbocycles. The molecular formula is C12H19NO3. The van der Waals surface area contributed by atoms with E-state index in [0.29, 0.717) is 25.8 Å². The van der Waals surface area contributed by atoms with Gasteiger partial charge in [0.15, 0.2) is 0 Å². The number of carbonyl (C=O) groups is 3. The molecule has 0 aromatic rings. The van der Waals surface area contributed by atoms with Crippen LogP contribution in [0, 0.1) is 11.8 Å². The predicted molar refractivity (Wildman–Crippen MR) is 59.6 cm³/mol. The summed E-state index contributed by atoms with van der Waals surface area (Å²) >= 11 is 0. The van der Waals surface area contributed by atoms with Gasteiger partial charge in [-0.15, -0.1) is 0 Å². The molecule has 1 heterocycles. The molecule has 0 aliphatic carbocycles. The second-order valence-electron chi connectivity index (χ2n) is 4.74. The lowest BCUT2D eigenvalue weighted by molar-refractivity contribution is -0.140. The Morgan fingerprint density at radius 1 is 1.44 bits per heavy atom. The van der Waals surface area contributed by atoms with Crippen molar-refractivity contribution in [1.29, 1.82) is 0 Å². The highest BCUT2D eigenvalue weighted by atomic mass is 16.2. The van der Waals surface area contributed by atoms with Gasteiger partial charge in [0, 0.05) is 25.3 Å². The Hall–Kier alpha value is -1.19. The van der Waals surface area contributed by atoms with Gasteiger partial charge in [0.2, 0.25) is 11.8 Å². The van der Waals surface area contributed by atoms with E-state index in [1.54, 1.807) is 0 Å². The fourth-order valence-electron chi connectivity index (χ4n) is 1.95. The number of carbonyl (C=O) groups excluding carboxylic acids is 3. The Labute approximate surface area is 96.0 Å². The zero-order valence-corrected chi connectivity index (χ0v) is 10.2. The first-order valence-electron chi connectivity index (χ1n) is 5.77. The molecule has 16 heavy (non-hydrogen) atoms. The first-order chi connectivity index (χ1) is 7.43. The summed E-state index contributed by atoms with van der Waals surface area (Å²) < 4.78 is 0. The van der Waals surface area contributed by atoms with E-state index in [9.17, 15) is 14.4 Å². The van der Waals surface area contributed by atoms with Crippen LogP contribution >= 0.6 is 0 Å². The Balaban J connectivity index is 2.51. The minimum Gasteiger partial charge on any atom is -0.300 e. The molecule has 1 atom stereocenters. The summed E-state index contributed by atoms with van der Waals surface area (Å²) in [7, 11) is 0. The molecule has 4 nitrogen and oxygen atoms in total. The predicted octanol–water partition coefficient (Wildman–Crippen LogP) is 1.39. The summed E-state index contributed by atoms with van der Waals surface area (Å²) in [5.74, 6) is -0.0191. The van der Waals surface area contributed by atoms with Crippen LogP contribution in [0.25, 0.3) is 0 Å². The molecular weight excluding hydrogens is 206 g/mol. The number of nitrogens with zero attached hydrogens (tertiary/aromatic N) is 1. The molecule has 4 heteroatoms.